The van der Waals surface area contributed by atoms with E-state index in [4.69, 9.17) is 9.26 Å². The van der Waals surface area contributed by atoms with Crippen molar-refractivity contribution in [2.45, 2.75) is 39.3 Å². The molecule has 7 heteroatoms. The van der Waals surface area contributed by atoms with E-state index >= 15 is 0 Å². The van der Waals surface area contributed by atoms with Crippen molar-refractivity contribution in [3.8, 4) is 5.75 Å². The van der Waals surface area contributed by atoms with Gasteiger partial charge in [0.05, 0.1) is 16.8 Å². The van der Waals surface area contributed by atoms with Crippen LogP contribution in [-0.2, 0) is 6.61 Å². The predicted octanol–water partition coefficient (Wildman–Crippen LogP) is 3.12. The van der Waals surface area contributed by atoms with Crippen LogP contribution in [0.3, 0.4) is 0 Å². The van der Waals surface area contributed by atoms with Crippen LogP contribution in [0.2, 0.25) is 0 Å². The van der Waals surface area contributed by atoms with Gasteiger partial charge in [-0.25, -0.2) is 0 Å². The fourth-order valence-corrected chi connectivity index (χ4v) is 3.19. The number of halogens is 1. The summed E-state index contributed by atoms with van der Waals surface area (Å²) in [5.41, 5.74) is 2.34. The summed E-state index contributed by atoms with van der Waals surface area (Å²) in [5, 5.41) is 7.21. The minimum Gasteiger partial charge on any atom is -0.488 e. The quantitative estimate of drug-likeness (QED) is 0.864. The third kappa shape index (κ3) is 4.37. The summed E-state index contributed by atoms with van der Waals surface area (Å²) in [6.45, 7) is 5.60. The van der Waals surface area contributed by atoms with Gasteiger partial charge in [-0.2, -0.15) is 0 Å². The van der Waals surface area contributed by atoms with Crippen LogP contribution < -0.4 is 10.1 Å². The Kier molecular flexibility index (Phi) is 7.06. The molecule has 6 nitrogen and oxygen atoms in total. The van der Waals surface area contributed by atoms with Crippen LogP contribution in [0.5, 0.6) is 5.75 Å². The Bertz CT molecular complexity index is 728. The first-order valence-corrected chi connectivity index (χ1v) is 8.70. The average Bonchev–Trinajstić information content (AvgIpc) is 2.97. The van der Waals surface area contributed by atoms with Crippen LogP contribution in [0.1, 0.15) is 40.2 Å². The SMILES string of the molecule is CNC1CCCN(C(=O)c2ccccc2OCc2c(C)noc2C)C1.Cl. The first-order chi connectivity index (χ1) is 12.1. The zero-order valence-corrected chi connectivity index (χ0v) is 16.3. The zero-order chi connectivity index (χ0) is 17.8. The first-order valence-electron chi connectivity index (χ1n) is 8.70. The van der Waals surface area contributed by atoms with Crippen molar-refractivity contribution in [2.24, 2.45) is 0 Å². The molecule has 2 aromatic rings. The van der Waals surface area contributed by atoms with E-state index in [1.807, 2.05) is 50.1 Å². The van der Waals surface area contributed by atoms with Crippen molar-refractivity contribution < 1.29 is 14.1 Å². The van der Waals surface area contributed by atoms with Crippen molar-refractivity contribution in [1.29, 1.82) is 0 Å². The summed E-state index contributed by atoms with van der Waals surface area (Å²) in [6.07, 6.45) is 2.11. The second-order valence-corrected chi connectivity index (χ2v) is 6.47. The van der Waals surface area contributed by atoms with Crippen LogP contribution in [-0.4, -0.2) is 42.1 Å². The molecule has 2 heterocycles. The standard InChI is InChI=1S/C19H25N3O3.ClH/c1-13-17(14(2)25-21-13)12-24-18-9-5-4-8-16(18)19(23)22-10-6-7-15(11-22)20-3;/h4-5,8-9,15,20H,6-7,10-12H2,1-3H3;1H. The van der Waals surface area contributed by atoms with Gasteiger partial charge < -0.3 is 19.5 Å². The highest BCUT2D eigenvalue weighted by atomic mass is 35.5. The van der Waals surface area contributed by atoms with Gasteiger partial charge in [0, 0.05) is 19.1 Å². The molecule has 0 radical (unpaired) electrons. The van der Waals surface area contributed by atoms with Crippen LogP contribution in [0.15, 0.2) is 28.8 Å². The molecule has 1 aromatic heterocycles. The molecule has 1 N–H and O–H groups in total. The van der Waals surface area contributed by atoms with Gasteiger partial charge in [0.2, 0.25) is 0 Å². The maximum atomic E-state index is 13.0. The number of hydrogen-bond acceptors (Lipinski definition) is 5. The van der Waals surface area contributed by atoms with Gasteiger partial charge in [0.15, 0.2) is 0 Å². The predicted molar refractivity (Wildman–Crippen MR) is 102 cm³/mol. The maximum absolute atomic E-state index is 13.0. The number of carbonyl (C=O) groups excluding carboxylic acids is 1. The van der Waals surface area contributed by atoms with Gasteiger partial charge >= 0.3 is 0 Å². The van der Waals surface area contributed by atoms with Crippen LogP contribution in [0, 0.1) is 13.8 Å². The summed E-state index contributed by atoms with van der Waals surface area (Å²) in [7, 11) is 1.94. The van der Waals surface area contributed by atoms with Crippen molar-refractivity contribution in [2.75, 3.05) is 20.1 Å². The monoisotopic (exact) mass is 379 g/mol. The second-order valence-electron chi connectivity index (χ2n) is 6.47. The molecule has 142 valence electrons. The highest BCUT2D eigenvalue weighted by molar-refractivity contribution is 5.97. The van der Waals surface area contributed by atoms with Crippen molar-refractivity contribution in [1.82, 2.24) is 15.4 Å². The lowest BCUT2D eigenvalue weighted by Crippen LogP contribution is -2.47. The minimum absolute atomic E-state index is 0. The number of nitrogens with zero attached hydrogens (tertiary/aromatic N) is 2. The third-order valence-electron chi connectivity index (χ3n) is 4.79. The summed E-state index contributed by atoms with van der Waals surface area (Å²) in [6, 6.07) is 7.77. The van der Waals surface area contributed by atoms with Gasteiger partial charge in [-0.3, -0.25) is 4.79 Å². The van der Waals surface area contributed by atoms with Gasteiger partial charge in [0.1, 0.15) is 18.1 Å². The van der Waals surface area contributed by atoms with Gasteiger partial charge in [-0.1, -0.05) is 17.3 Å². The number of benzene rings is 1. The largest absolute Gasteiger partial charge is 0.488 e. The van der Waals surface area contributed by atoms with Crippen molar-refractivity contribution in [3.05, 3.63) is 46.8 Å². The van der Waals surface area contributed by atoms with E-state index < -0.39 is 0 Å². The molecular formula is C19H26ClN3O3. The molecule has 26 heavy (non-hydrogen) atoms. The number of nitrogens with one attached hydrogen (secondary N) is 1. The molecule has 1 amide bonds. The van der Waals surface area contributed by atoms with Crippen molar-refractivity contribution >= 4 is 18.3 Å². The first kappa shape index (κ1) is 20.3. The highest BCUT2D eigenvalue weighted by Crippen LogP contribution is 2.24. The van der Waals surface area contributed by atoms with E-state index in [1.54, 1.807) is 0 Å². The number of amides is 1. The summed E-state index contributed by atoms with van der Waals surface area (Å²) >= 11 is 0. The van der Waals surface area contributed by atoms with E-state index in [0.29, 0.717) is 24.0 Å². The number of carbonyl (C=O) groups is 1. The molecule has 1 saturated heterocycles. The topological polar surface area (TPSA) is 67.6 Å². The minimum atomic E-state index is 0. The number of aryl methyl sites for hydroxylation is 2. The third-order valence-corrected chi connectivity index (χ3v) is 4.79. The molecule has 1 fully saturated rings. The molecule has 3 rings (SSSR count). The summed E-state index contributed by atoms with van der Waals surface area (Å²) in [4.78, 5) is 14.9. The van der Waals surface area contributed by atoms with E-state index in [1.165, 1.54) is 0 Å². The maximum Gasteiger partial charge on any atom is 0.257 e. The zero-order valence-electron chi connectivity index (χ0n) is 15.4. The molecule has 0 bridgehead atoms. The summed E-state index contributed by atoms with van der Waals surface area (Å²) in [5.74, 6) is 1.36. The van der Waals surface area contributed by atoms with E-state index in [0.717, 1.165) is 42.9 Å². The Morgan fingerprint density at radius 3 is 2.85 bits per heavy atom. The average molecular weight is 380 g/mol. The Balaban J connectivity index is 0.00000243. The lowest BCUT2D eigenvalue weighted by atomic mass is 10.0. The smallest absolute Gasteiger partial charge is 0.257 e. The number of aromatic nitrogens is 1. The van der Waals surface area contributed by atoms with Gasteiger partial charge in [0.25, 0.3) is 5.91 Å². The molecule has 1 aliphatic heterocycles. The molecule has 1 unspecified atom stereocenters. The fraction of sp³-hybridized carbons (Fsp3) is 0.474. The highest BCUT2D eigenvalue weighted by Gasteiger charge is 2.25. The number of likely N-dealkylation sites (tertiary alicyclic amines) is 1. The molecule has 1 aromatic carbocycles. The fourth-order valence-electron chi connectivity index (χ4n) is 3.19. The van der Waals surface area contributed by atoms with E-state index in [-0.39, 0.29) is 18.3 Å². The molecule has 0 spiro atoms. The lowest BCUT2D eigenvalue weighted by molar-refractivity contribution is 0.0693. The Morgan fingerprint density at radius 2 is 2.15 bits per heavy atom. The van der Waals surface area contributed by atoms with E-state index in [9.17, 15) is 4.79 Å². The summed E-state index contributed by atoms with van der Waals surface area (Å²) < 4.78 is 11.1. The number of piperidine rings is 1. The Hall–Kier alpha value is -2.05. The van der Waals surface area contributed by atoms with Crippen LogP contribution in [0.4, 0.5) is 0 Å². The van der Waals surface area contributed by atoms with Crippen molar-refractivity contribution in [3.63, 3.8) is 0 Å². The molecule has 1 atom stereocenters. The Labute approximate surface area is 160 Å². The number of ether oxygens (including phenoxy) is 1. The molecule has 0 saturated carbocycles. The molecular weight excluding hydrogens is 354 g/mol. The van der Waals surface area contributed by atoms with Gasteiger partial charge in [-0.05, 0) is 45.9 Å². The normalized spacial score (nSPS) is 16.9. The molecule has 0 aliphatic carbocycles. The molecule has 1 aliphatic rings. The number of rotatable bonds is 5. The van der Waals surface area contributed by atoms with Crippen LogP contribution in [0.25, 0.3) is 0 Å². The number of hydrogen-bond donors (Lipinski definition) is 1. The van der Waals surface area contributed by atoms with Gasteiger partial charge in [-0.15, -0.1) is 12.4 Å². The van der Waals surface area contributed by atoms with E-state index in [2.05, 4.69) is 10.5 Å². The lowest BCUT2D eigenvalue weighted by Gasteiger charge is -2.33. The second kappa shape index (κ2) is 9.05. The Morgan fingerprint density at radius 1 is 1.38 bits per heavy atom. The number of likely N-dealkylation sites (N-methyl/N-ethyl adjacent to an activating group) is 1. The van der Waals surface area contributed by atoms with Crippen LogP contribution >= 0.6 is 12.4 Å². The number of para-hydroxylation sites is 1.